The van der Waals surface area contributed by atoms with Gasteiger partial charge >= 0.3 is 0 Å². The number of carbonyl (C=O) groups excluding carboxylic acids is 1. The molecule has 2 aromatic rings. The molecule has 0 bridgehead atoms. The predicted molar refractivity (Wildman–Crippen MR) is 75.6 cm³/mol. The van der Waals surface area contributed by atoms with Crippen molar-refractivity contribution in [3.05, 3.63) is 39.9 Å². The first kappa shape index (κ1) is 13.8. The zero-order valence-corrected chi connectivity index (χ0v) is 12.4. The minimum atomic E-state index is -0.0136. The van der Waals surface area contributed by atoms with Gasteiger partial charge in [0, 0.05) is 17.0 Å². The molecular formula is C14H17N3OS. The molecule has 0 spiro atoms. The summed E-state index contributed by atoms with van der Waals surface area (Å²) in [4.78, 5) is 24.8. The summed E-state index contributed by atoms with van der Waals surface area (Å²) in [7, 11) is 0. The fourth-order valence-corrected chi connectivity index (χ4v) is 2.60. The van der Waals surface area contributed by atoms with Crippen LogP contribution in [-0.4, -0.2) is 20.7 Å². The lowest BCUT2D eigenvalue weighted by molar-refractivity contribution is 0.0987. The second kappa shape index (κ2) is 5.17. The summed E-state index contributed by atoms with van der Waals surface area (Å²) in [5.41, 5.74) is 1.50. The molecule has 0 radical (unpaired) electrons. The van der Waals surface area contributed by atoms with Gasteiger partial charge in [0.15, 0.2) is 5.78 Å². The molecule has 2 rings (SSSR count). The van der Waals surface area contributed by atoms with Gasteiger partial charge in [0.1, 0.15) is 16.5 Å². The van der Waals surface area contributed by atoms with E-state index >= 15 is 0 Å². The Bertz CT molecular complexity index is 599. The number of aromatic nitrogens is 3. The number of Topliss-reactive ketones (excluding diaryl/α,β-unsaturated/α-hetero) is 1. The van der Waals surface area contributed by atoms with Crippen LogP contribution in [0.4, 0.5) is 0 Å². The summed E-state index contributed by atoms with van der Waals surface area (Å²) in [5.74, 6) is 0.598. The van der Waals surface area contributed by atoms with E-state index in [9.17, 15) is 4.79 Å². The quantitative estimate of drug-likeness (QED) is 0.808. The standard InChI is InChI=1S/C14H17N3OS/c1-9-15-6-5-10(16-9)11(18)7-13-17-12(8-19-13)14(2,3)4/h5-6,8H,7H2,1-4H3. The average molecular weight is 275 g/mol. The van der Waals surface area contributed by atoms with Crippen molar-refractivity contribution >= 4 is 17.1 Å². The maximum atomic E-state index is 12.1. The molecule has 0 saturated heterocycles. The number of thiazole rings is 1. The maximum Gasteiger partial charge on any atom is 0.188 e. The van der Waals surface area contributed by atoms with Crippen LogP contribution in [0.5, 0.6) is 0 Å². The van der Waals surface area contributed by atoms with Crippen LogP contribution < -0.4 is 0 Å². The van der Waals surface area contributed by atoms with Crippen molar-refractivity contribution in [1.82, 2.24) is 15.0 Å². The third-order valence-corrected chi connectivity index (χ3v) is 3.54. The summed E-state index contributed by atoms with van der Waals surface area (Å²) < 4.78 is 0. The normalized spacial score (nSPS) is 11.6. The first-order valence-electron chi connectivity index (χ1n) is 6.14. The summed E-state index contributed by atoms with van der Waals surface area (Å²) in [6.45, 7) is 8.11. The van der Waals surface area contributed by atoms with Crippen molar-refractivity contribution in [2.24, 2.45) is 0 Å². The number of carbonyl (C=O) groups is 1. The Morgan fingerprint density at radius 2 is 2.05 bits per heavy atom. The zero-order chi connectivity index (χ0) is 14.0. The smallest absolute Gasteiger partial charge is 0.188 e. The lowest BCUT2D eigenvalue weighted by atomic mass is 9.93. The molecule has 2 heterocycles. The molecule has 19 heavy (non-hydrogen) atoms. The summed E-state index contributed by atoms with van der Waals surface area (Å²) in [5, 5.41) is 2.86. The predicted octanol–water partition coefficient (Wildman–Crippen LogP) is 2.96. The van der Waals surface area contributed by atoms with Crippen molar-refractivity contribution in [1.29, 1.82) is 0 Å². The lowest BCUT2D eigenvalue weighted by Gasteiger charge is -2.14. The molecule has 0 aliphatic heterocycles. The number of hydrogen-bond acceptors (Lipinski definition) is 5. The largest absolute Gasteiger partial charge is 0.292 e. The Labute approximate surface area is 117 Å². The third-order valence-electron chi connectivity index (χ3n) is 2.69. The summed E-state index contributed by atoms with van der Waals surface area (Å²) >= 11 is 1.53. The van der Waals surface area contributed by atoms with Gasteiger partial charge in [-0.3, -0.25) is 4.79 Å². The van der Waals surface area contributed by atoms with E-state index in [1.807, 2.05) is 5.38 Å². The van der Waals surface area contributed by atoms with Gasteiger partial charge in [-0.2, -0.15) is 0 Å². The molecular weight excluding hydrogens is 258 g/mol. The monoisotopic (exact) mass is 275 g/mol. The molecule has 0 amide bonds. The van der Waals surface area contributed by atoms with Crippen LogP contribution in [0, 0.1) is 6.92 Å². The Morgan fingerprint density at radius 3 is 2.63 bits per heavy atom. The highest BCUT2D eigenvalue weighted by atomic mass is 32.1. The zero-order valence-electron chi connectivity index (χ0n) is 11.6. The minimum Gasteiger partial charge on any atom is -0.292 e. The molecule has 0 aromatic carbocycles. The van der Waals surface area contributed by atoms with Crippen molar-refractivity contribution < 1.29 is 4.79 Å². The molecule has 4 nitrogen and oxygen atoms in total. The summed E-state index contributed by atoms with van der Waals surface area (Å²) in [6, 6.07) is 1.65. The van der Waals surface area contributed by atoms with Gasteiger partial charge in [0.2, 0.25) is 0 Å². The van der Waals surface area contributed by atoms with Gasteiger partial charge in [-0.25, -0.2) is 15.0 Å². The Balaban J connectivity index is 2.13. The number of rotatable bonds is 3. The number of hydrogen-bond donors (Lipinski definition) is 0. The van der Waals surface area contributed by atoms with Gasteiger partial charge in [-0.05, 0) is 13.0 Å². The van der Waals surface area contributed by atoms with Crippen LogP contribution >= 0.6 is 11.3 Å². The van der Waals surface area contributed by atoms with E-state index in [1.54, 1.807) is 19.2 Å². The fraction of sp³-hybridized carbons (Fsp3) is 0.429. The Morgan fingerprint density at radius 1 is 1.32 bits per heavy atom. The second-order valence-corrected chi connectivity index (χ2v) is 6.41. The van der Waals surface area contributed by atoms with Gasteiger partial charge in [0.25, 0.3) is 0 Å². The van der Waals surface area contributed by atoms with Crippen molar-refractivity contribution in [2.75, 3.05) is 0 Å². The number of ketones is 1. The Kier molecular flexibility index (Phi) is 3.75. The fourth-order valence-electron chi connectivity index (χ4n) is 1.58. The molecule has 0 unspecified atom stereocenters. The highest BCUT2D eigenvalue weighted by Gasteiger charge is 2.19. The highest BCUT2D eigenvalue weighted by molar-refractivity contribution is 7.09. The van der Waals surface area contributed by atoms with Crippen LogP contribution in [0.25, 0.3) is 0 Å². The van der Waals surface area contributed by atoms with Crippen LogP contribution in [0.2, 0.25) is 0 Å². The Hall–Kier alpha value is -1.62. The van der Waals surface area contributed by atoms with Crippen LogP contribution in [0.1, 0.15) is 47.8 Å². The first-order chi connectivity index (χ1) is 8.86. The molecule has 0 atom stereocenters. The third kappa shape index (κ3) is 3.44. The average Bonchev–Trinajstić information content (AvgIpc) is 2.77. The van der Waals surface area contributed by atoms with Crippen molar-refractivity contribution in [3.8, 4) is 0 Å². The molecule has 0 aliphatic carbocycles. The SMILES string of the molecule is Cc1nccc(C(=O)Cc2nc(C(C)(C)C)cs2)n1. The second-order valence-electron chi connectivity index (χ2n) is 5.47. The van der Waals surface area contributed by atoms with E-state index in [2.05, 4.69) is 35.7 Å². The van der Waals surface area contributed by atoms with Gasteiger partial charge in [-0.15, -0.1) is 11.3 Å². The molecule has 0 N–H and O–H groups in total. The van der Waals surface area contributed by atoms with Crippen molar-refractivity contribution in [2.45, 2.75) is 39.5 Å². The van der Waals surface area contributed by atoms with Crippen LogP contribution in [-0.2, 0) is 11.8 Å². The molecule has 5 heteroatoms. The highest BCUT2D eigenvalue weighted by Crippen LogP contribution is 2.24. The number of nitrogens with zero attached hydrogens (tertiary/aromatic N) is 3. The molecule has 0 saturated carbocycles. The number of aryl methyl sites for hydroxylation is 1. The maximum absolute atomic E-state index is 12.1. The van der Waals surface area contributed by atoms with Crippen molar-refractivity contribution in [3.63, 3.8) is 0 Å². The van der Waals surface area contributed by atoms with Gasteiger partial charge in [0.05, 0.1) is 12.1 Å². The topological polar surface area (TPSA) is 55.7 Å². The molecule has 100 valence electrons. The first-order valence-corrected chi connectivity index (χ1v) is 7.02. The van der Waals surface area contributed by atoms with Crippen LogP contribution in [0.3, 0.4) is 0 Å². The molecule has 2 aromatic heterocycles. The van der Waals surface area contributed by atoms with Gasteiger partial charge in [-0.1, -0.05) is 20.8 Å². The van der Waals surface area contributed by atoms with E-state index in [0.717, 1.165) is 10.7 Å². The van der Waals surface area contributed by atoms with E-state index in [1.165, 1.54) is 11.3 Å². The minimum absolute atomic E-state index is 0.0136. The van der Waals surface area contributed by atoms with E-state index in [4.69, 9.17) is 0 Å². The lowest BCUT2D eigenvalue weighted by Crippen LogP contribution is -2.12. The van der Waals surface area contributed by atoms with Crippen LogP contribution in [0.15, 0.2) is 17.6 Å². The molecule has 0 aliphatic rings. The van der Waals surface area contributed by atoms with E-state index in [-0.39, 0.29) is 11.2 Å². The van der Waals surface area contributed by atoms with E-state index < -0.39 is 0 Å². The van der Waals surface area contributed by atoms with Gasteiger partial charge < -0.3 is 0 Å². The molecule has 0 fully saturated rings. The summed E-state index contributed by atoms with van der Waals surface area (Å²) in [6.07, 6.45) is 1.91. The van der Waals surface area contributed by atoms with E-state index in [0.29, 0.717) is 17.9 Å².